The summed E-state index contributed by atoms with van der Waals surface area (Å²) in [6.45, 7) is 9.78. The van der Waals surface area contributed by atoms with Gasteiger partial charge in [0.2, 0.25) is 0 Å². The first-order chi connectivity index (χ1) is 13.9. The van der Waals surface area contributed by atoms with Crippen LogP contribution < -0.4 is 0 Å². The van der Waals surface area contributed by atoms with Crippen LogP contribution in [0.2, 0.25) is 0 Å². The lowest BCUT2D eigenvalue weighted by Gasteiger charge is -2.25. The van der Waals surface area contributed by atoms with E-state index >= 15 is 0 Å². The quantitative estimate of drug-likeness (QED) is 0.442. The van der Waals surface area contributed by atoms with Gasteiger partial charge in [-0.2, -0.15) is 0 Å². The van der Waals surface area contributed by atoms with E-state index in [4.69, 9.17) is 0 Å². The third kappa shape index (κ3) is 6.31. The molecular formula is C26H34O3. The highest BCUT2D eigenvalue weighted by molar-refractivity contribution is 5.58. The summed E-state index contributed by atoms with van der Waals surface area (Å²) in [6.07, 6.45) is 5.64. The average Bonchev–Trinajstić information content (AvgIpc) is 2.71. The minimum Gasteiger partial charge on any atom is -0.507 e. The number of aryl methyl sites for hydroxylation is 2. The van der Waals surface area contributed by atoms with E-state index < -0.39 is 18.1 Å². The molecule has 0 aliphatic carbocycles. The highest BCUT2D eigenvalue weighted by atomic mass is 16.3. The fourth-order valence-corrected chi connectivity index (χ4v) is 3.79. The molecule has 0 aliphatic rings. The second kappa shape index (κ2) is 11.0. The van der Waals surface area contributed by atoms with Gasteiger partial charge in [-0.25, -0.2) is 0 Å². The van der Waals surface area contributed by atoms with Gasteiger partial charge in [0.15, 0.2) is 0 Å². The smallest absolute Gasteiger partial charge is 0.121 e. The Bertz CT molecular complexity index is 800. The maximum absolute atomic E-state index is 10.8. The molecule has 3 N–H and O–H groups in total. The molecule has 3 heteroatoms. The van der Waals surface area contributed by atoms with Crippen LogP contribution in [0.3, 0.4) is 0 Å². The number of aliphatic hydroxyl groups excluding tert-OH is 2. The van der Waals surface area contributed by atoms with Gasteiger partial charge in [0.25, 0.3) is 0 Å². The summed E-state index contributed by atoms with van der Waals surface area (Å²) >= 11 is 0. The number of allylic oxidation sites excluding steroid dienone is 1. The molecule has 0 heterocycles. The Hall–Kier alpha value is -2.36. The zero-order valence-electron chi connectivity index (χ0n) is 17.8. The number of aromatic hydroxyl groups is 1. The van der Waals surface area contributed by atoms with Crippen molar-refractivity contribution in [1.29, 1.82) is 0 Å². The molecule has 3 atom stereocenters. The molecule has 2 aromatic carbocycles. The molecule has 0 saturated heterocycles. The van der Waals surface area contributed by atoms with Crippen LogP contribution >= 0.6 is 0 Å². The number of benzene rings is 2. The normalized spacial score (nSPS) is 15.0. The Labute approximate surface area is 175 Å². The van der Waals surface area contributed by atoms with Crippen molar-refractivity contribution in [3.63, 3.8) is 0 Å². The van der Waals surface area contributed by atoms with E-state index in [1.54, 1.807) is 6.08 Å². The summed E-state index contributed by atoms with van der Waals surface area (Å²) in [5, 5.41) is 31.4. The van der Waals surface area contributed by atoms with Crippen molar-refractivity contribution in [2.75, 3.05) is 0 Å². The minimum absolute atomic E-state index is 0.346. The van der Waals surface area contributed by atoms with Gasteiger partial charge in [0, 0.05) is 5.92 Å². The SMILES string of the molecule is C=C[C@H]([C@H](O)CC/C(=C/c1cc(C)c(O)c(C)c1)CCC)[C@H](O)c1ccccc1. The summed E-state index contributed by atoms with van der Waals surface area (Å²) in [7, 11) is 0. The van der Waals surface area contributed by atoms with Crippen molar-refractivity contribution in [3.05, 3.63) is 82.9 Å². The summed E-state index contributed by atoms with van der Waals surface area (Å²) < 4.78 is 0. The standard InChI is InChI=1S/C26H34O3/c1-5-10-20(17-21-15-18(3)25(28)19(4)16-21)13-14-24(27)23(6-2)26(29)22-11-8-7-9-12-22/h6-9,11-12,15-17,23-24,26-29H,2,5,10,13-14H2,1,3-4H3/b20-17+/t23-,24-,26-/m1/s1. The lowest BCUT2D eigenvalue weighted by molar-refractivity contribution is 0.0318. The third-order valence-electron chi connectivity index (χ3n) is 5.44. The summed E-state index contributed by atoms with van der Waals surface area (Å²) in [4.78, 5) is 0. The van der Waals surface area contributed by atoms with Gasteiger partial charge < -0.3 is 15.3 Å². The molecule has 0 fully saturated rings. The van der Waals surface area contributed by atoms with Crippen LogP contribution in [0.1, 0.15) is 61.0 Å². The van der Waals surface area contributed by atoms with Crippen LogP contribution in [0.25, 0.3) is 6.08 Å². The Morgan fingerprint density at radius 2 is 1.66 bits per heavy atom. The number of hydrogen-bond donors (Lipinski definition) is 3. The number of rotatable bonds is 10. The monoisotopic (exact) mass is 394 g/mol. The molecule has 0 bridgehead atoms. The number of hydrogen-bond acceptors (Lipinski definition) is 3. The molecule has 0 saturated carbocycles. The first-order valence-electron chi connectivity index (χ1n) is 10.4. The Morgan fingerprint density at radius 3 is 2.21 bits per heavy atom. The van der Waals surface area contributed by atoms with Crippen molar-refractivity contribution in [3.8, 4) is 5.75 Å². The van der Waals surface area contributed by atoms with E-state index in [2.05, 4.69) is 19.6 Å². The van der Waals surface area contributed by atoms with E-state index in [1.807, 2.05) is 56.3 Å². The molecule has 156 valence electrons. The molecule has 0 aromatic heterocycles. The topological polar surface area (TPSA) is 60.7 Å². The van der Waals surface area contributed by atoms with Gasteiger partial charge in [-0.15, -0.1) is 6.58 Å². The molecular weight excluding hydrogens is 360 g/mol. The second-order valence-corrected chi connectivity index (χ2v) is 7.83. The first kappa shape index (κ1) is 22.9. The fraction of sp³-hybridized carbons (Fsp3) is 0.385. The summed E-state index contributed by atoms with van der Waals surface area (Å²) in [6, 6.07) is 13.4. The van der Waals surface area contributed by atoms with E-state index in [0.29, 0.717) is 12.2 Å². The number of phenolic OH excluding ortho intramolecular Hbond substituents is 1. The molecule has 3 nitrogen and oxygen atoms in total. The molecule has 0 spiro atoms. The molecule has 0 amide bonds. The third-order valence-corrected chi connectivity index (χ3v) is 5.44. The molecule has 2 rings (SSSR count). The lowest BCUT2D eigenvalue weighted by Crippen LogP contribution is -2.25. The number of phenols is 1. The van der Waals surface area contributed by atoms with Crippen molar-refractivity contribution < 1.29 is 15.3 Å². The predicted molar refractivity (Wildman–Crippen MR) is 121 cm³/mol. The van der Waals surface area contributed by atoms with Gasteiger partial charge in [0.05, 0.1) is 12.2 Å². The Balaban J connectivity index is 2.11. The van der Waals surface area contributed by atoms with Crippen LogP contribution in [-0.4, -0.2) is 21.4 Å². The van der Waals surface area contributed by atoms with Gasteiger partial charge in [0.1, 0.15) is 5.75 Å². The van der Waals surface area contributed by atoms with Gasteiger partial charge >= 0.3 is 0 Å². The maximum atomic E-state index is 10.8. The predicted octanol–water partition coefficient (Wildman–Crippen LogP) is 5.87. The van der Waals surface area contributed by atoms with Crippen LogP contribution in [0.4, 0.5) is 0 Å². The van der Waals surface area contributed by atoms with Crippen LogP contribution in [0.15, 0.2) is 60.7 Å². The van der Waals surface area contributed by atoms with E-state index in [-0.39, 0.29) is 0 Å². The van der Waals surface area contributed by atoms with Crippen molar-refractivity contribution >= 4 is 6.08 Å². The first-order valence-corrected chi connectivity index (χ1v) is 10.4. The van der Waals surface area contributed by atoms with E-state index in [9.17, 15) is 15.3 Å². The summed E-state index contributed by atoms with van der Waals surface area (Å²) in [5.74, 6) is -0.0724. The highest BCUT2D eigenvalue weighted by Crippen LogP contribution is 2.30. The summed E-state index contributed by atoms with van der Waals surface area (Å²) in [5.41, 5.74) is 4.85. The molecule has 29 heavy (non-hydrogen) atoms. The Kier molecular flexibility index (Phi) is 8.69. The van der Waals surface area contributed by atoms with Crippen LogP contribution in [-0.2, 0) is 0 Å². The highest BCUT2D eigenvalue weighted by Gasteiger charge is 2.25. The van der Waals surface area contributed by atoms with Gasteiger partial charge in [-0.3, -0.25) is 0 Å². The van der Waals surface area contributed by atoms with Crippen molar-refractivity contribution in [1.82, 2.24) is 0 Å². The van der Waals surface area contributed by atoms with Crippen molar-refractivity contribution in [2.45, 2.75) is 58.7 Å². The fourth-order valence-electron chi connectivity index (χ4n) is 3.79. The molecule has 0 aliphatic heterocycles. The van der Waals surface area contributed by atoms with Gasteiger partial charge in [-0.1, -0.05) is 61.4 Å². The van der Waals surface area contributed by atoms with Crippen LogP contribution in [0, 0.1) is 19.8 Å². The average molecular weight is 395 g/mol. The molecule has 0 unspecified atom stereocenters. The number of aliphatic hydroxyl groups is 2. The largest absolute Gasteiger partial charge is 0.507 e. The minimum atomic E-state index is -0.773. The maximum Gasteiger partial charge on any atom is 0.121 e. The van der Waals surface area contributed by atoms with E-state index in [1.165, 1.54) is 5.57 Å². The molecule has 0 radical (unpaired) electrons. The zero-order chi connectivity index (χ0) is 21.4. The Morgan fingerprint density at radius 1 is 1.03 bits per heavy atom. The second-order valence-electron chi connectivity index (χ2n) is 7.83. The van der Waals surface area contributed by atoms with Gasteiger partial charge in [-0.05, 0) is 67.5 Å². The van der Waals surface area contributed by atoms with E-state index in [0.717, 1.165) is 41.5 Å². The van der Waals surface area contributed by atoms with Crippen LogP contribution in [0.5, 0.6) is 5.75 Å². The van der Waals surface area contributed by atoms with Crippen molar-refractivity contribution in [2.24, 2.45) is 5.92 Å². The lowest BCUT2D eigenvalue weighted by atomic mass is 9.87. The zero-order valence-corrected chi connectivity index (χ0v) is 17.8. The molecule has 2 aromatic rings.